The zero-order chi connectivity index (χ0) is 23.6. The van der Waals surface area contributed by atoms with Crippen molar-refractivity contribution in [1.82, 2.24) is 16.0 Å². The lowest BCUT2D eigenvalue weighted by molar-refractivity contribution is -0.141. The van der Waals surface area contributed by atoms with Crippen LogP contribution >= 0.6 is 12.6 Å². The Morgan fingerprint density at radius 3 is 1.77 bits per heavy atom. The van der Waals surface area contributed by atoms with E-state index in [1.807, 2.05) is 0 Å². The van der Waals surface area contributed by atoms with Gasteiger partial charge in [-0.1, -0.05) is 13.8 Å². The third-order valence-electron chi connectivity index (χ3n) is 4.00. The van der Waals surface area contributed by atoms with Crippen LogP contribution in [0.1, 0.15) is 33.6 Å². The lowest BCUT2D eigenvalue weighted by Crippen LogP contribution is -2.59. The molecule has 5 atom stereocenters. The van der Waals surface area contributed by atoms with Crippen LogP contribution in [0.3, 0.4) is 0 Å². The van der Waals surface area contributed by atoms with E-state index in [0.717, 1.165) is 0 Å². The largest absolute Gasteiger partial charge is 0.480 e. The van der Waals surface area contributed by atoms with Gasteiger partial charge in [-0.15, -0.1) is 0 Å². The number of hydrogen-bond donors (Lipinski definition) is 8. The highest BCUT2D eigenvalue weighted by Gasteiger charge is 2.31. The number of amides is 4. The van der Waals surface area contributed by atoms with Crippen molar-refractivity contribution in [2.75, 3.05) is 5.75 Å². The molecule has 9 N–H and O–H groups in total. The number of carboxylic acids is 1. The topological polar surface area (TPSA) is 214 Å². The minimum atomic E-state index is -1.46. The van der Waals surface area contributed by atoms with Gasteiger partial charge in [0.1, 0.15) is 24.2 Å². The van der Waals surface area contributed by atoms with Crippen molar-refractivity contribution in [3.8, 4) is 0 Å². The summed E-state index contributed by atoms with van der Waals surface area (Å²) in [7, 11) is 0. The molecule has 0 aromatic carbocycles. The molecule has 0 aliphatic carbocycles. The molecule has 0 rings (SSSR count). The number of carbonyl (C=O) groups is 5. The van der Waals surface area contributed by atoms with Crippen molar-refractivity contribution >= 4 is 42.2 Å². The fourth-order valence-corrected chi connectivity index (χ4v) is 2.58. The number of nitrogens with two attached hydrogens (primary N) is 2. The second-order valence-electron chi connectivity index (χ2n) is 7.27. The van der Waals surface area contributed by atoms with E-state index in [-0.39, 0.29) is 18.1 Å². The summed E-state index contributed by atoms with van der Waals surface area (Å²) in [6.07, 6.45) is -1.58. The third-order valence-corrected chi connectivity index (χ3v) is 4.36. The Balaban J connectivity index is 5.45. The van der Waals surface area contributed by atoms with Gasteiger partial charge in [0.25, 0.3) is 0 Å². The second-order valence-corrected chi connectivity index (χ2v) is 7.64. The molecule has 0 radical (unpaired) electrons. The van der Waals surface area contributed by atoms with Gasteiger partial charge < -0.3 is 37.6 Å². The van der Waals surface area contributed by atoms with Gasteiger partial charge in [-0.2, -0.15) is 12.6 Å². The number of carboxylic acid groups (broad SMARTS) is 1. The van der Waals surface area contributed by atoms with Gasteiger partial charge in [0.05, 0.1) is 12.5 Å². The number of thiol groups is 1. The van der Waals surface area contributed by atoms with Crippen LogP contribution < -0.4 is 27.4 Å². The SMILES string of the molecule is CC(C)CC(NC(=O)C(N)C(C)O)C(=O)NC(CC(N)=O)C(=O)NC(CS)C(=O)O. The number of hydrogen-bond acceptors (Lipinski definition) is 8. The summed E-state index contributed by atoms with van der Waals surface area (Å²) in [4.78, 5) is 59.6. The predicted molar refractivity (Wildman–Crippen MR) is 110 cm³/mol. The molecule has 4 amide bonds. The summed E-state index contributed by atoms with van der Waals surface area (Å²) in [5, 5.41) is 25.3. The molecule has 5 unspecified atom stereocenters. The summed E-state index contributed by atoms with van der Waals surface area (Å²) in [6.45, 7) is 4.90. The zero-order valence-corrected chi connectivity index (χ0v) is 18.0. The monoisotopic (exact) mass is 449 g/mol. The normalized spacial score (nSPS) is 16.0. The van der Waals surface area contributed by atoms with E-state index in [1.165, 1.54) is 6.92 Å². The molecule has 0 spiro atoms. The van der Waals surface area contributed by atoms with Crippen LogP contribution in [0.2, 0.25) is 0 Å². The van der Waals surface area contributed by atoms with Crippen molar-refractivity contribution < 1.29 is 34.2 Å². The van der Waals surface area contributed by atoms with Crippen LogP contribution in [0, 0.1) is 5.92 Å². The third kappa shape index (κ3) is 9.89. The molecule has 0 heterocycles. The maximum absolute atomic E-state index is 12.7. The Labute approximate surface area is 179 Å². The second kappa shape index (κ2) is 13.0. The van der Waals surface area contributed by atoms with Crippen molar-refractivity contribution in [3.63, 3.8) is 0 Å². The molecule has 0 aromatic rings. The fourth-order valence-electron chi connectivity index (χ4n) is 2.33. The molecular weight excluding hydrogens is 418 g/mol. The highest BCUT2D eigenvalue weighted by molar-refractivity contribution is 7.80. The van der Waals surface area contributed by atoms with Crippen molar-refractivity contribution in [1.29, 1.82) is 0 Å². The van der Waals surface area contributed by atoms with Crippen LogP contribution in [0.15, 0.2) is 0 Å². The number of aliphatic hydroxyl groups excluding tert-OH is 1. The molecule has 0 aliphatic heterocycles. The van der Waals surface area contributed by atoms with Crippen molar-refractivity contribution in [2.45, 2.75) is 63.9 Å². The van der Waals surface area contributed by atoms with Gasteiger partial charge in [-0.05, 0) is 19.3 Å². The van der Waals surface area contributed by atoms with E-state index >= 15 is 0 Å². The fraction of sp³-hybridized carbons (Fsp3) is 0.706. The number of carbonyl (C=O) groups excluding carboxylic acids is 4. The molecular formula is C17H31N5O7S. The first-order valence-electron chi connectivity index (χ1n) is 9.26. The smallest absolute Gasteiger partial charge is 0.327 e. The first kappa shape index (κ1) is 27.6. The van der Waals surface area contributed by atoms with Crippen molar-refractivity contribution in [2.24, 2.45) is 17.4 Å². The molecule has 172 valence electrons. The maximum Gasteiger partial charge on any atom is 0.327 e. The van der Waals surface area contributed by atoms with E-state index in [2.05, 4.69) is 28.6 Å². The average Bonchev–Trinajstić information content (AvgIpc) is 2.62. The minimum absolute atomic E-state index is 0.0483. The van der Waals surface area contributed by atoms with Gasteiger partial charge in [-0.3, -0.25) is 19.2 Å². The molecule has 0 saturated carbocycles. The molecule has 0 saturated heterocycles. The number of rotatable bonds is 13. The van der Waals surface area contributed by atoms with E-state index in [9.17, 15) is 29.1 Å². The molecule has 0 aliphatic rings. The lowest BCUT2D eigenvalue weighted by Gasteiger charge is -2.25. The lowest BCUT2D eigenvalue weighted by atomic mass is 10.0. The molecule has 12 nitrogen and oxygen atoms in total. The summed E-state index contributed by atoms with van der Waals surface area (Å²) < 4.78 is 0. The Kier molecular flexibility index (Phi) is 12.0. The Morgan fingerprint density at radius 2 is 1.37 bits per heavy atom. The standard InChI is InChI=1S/C17H31N5O7S/c1-7(2)4-9(21-16(27)13(19)8(3)23)14(25)20-10(5-12(18)24)15(26)22-11(6-30)17(28)29/h7-11,13,23,30H,4-6,19H2,1-3H3,(H2,18,24)(H,20,25)(H,21,27)(H,22,26)(H,28,29). The first-order valence-corrected chi connectivity index (χ1v) is 9.90. The molecule has 0 fully saturated rings. The predicted octanol–water partition coefficient (Wildman–Crippen LogP) is -2.92. The molecule has 13 heteroatoms. The van der Waals surface area contributed by atoms with Gasteiger partial charge in [0.2, 0.25) is 23.6 Å². The number of primary amides is 1. The van der Waals surface area contributed by atoms with E-state index in [0.29, 0.717) is 0 Å². The highest BCUT2D eigenvalue weighted by Crippen LogP contribution is 2.07. The quantitative estimate of drug-likeness (QED) is 0.136. The van der Waals surface area contributed by atoms with Crippen LogP contribution in [0.5, 0.6) is 0 Å². The molecule has 30 heavy (non-hydrogen) atoms. The van der Waals surface area contributed by atoms with E-state index in [1.54, 1.807) is 13.8 Å². The maximum atomic E-state index is 12.7. The van der Waals surface area contributed by atoms with Crippen LogP contribution in [-0.4, -0.2) is 75.8 Å². The average molecular weight is 450 g/mol. The first-order chi connectivity index (χ1) is 13.8. The van der Waals surface area contributed by atoms with Crippen LogP contribution in [0.4, 0.5) is 0 Å². The number of nitrogens with one attached hydrogen (secondary N) is 3. The highest BCUT2D eigenvalue weighted by atomic mass is 32.1. The Hall–Kier alpha value is -2.38. The Bertz CT molecular complexity index is 644. The minimum Gasteiger partial charge on any atom is -0.480 e. The summed E-state index contributed by atoms with van der Waals surface area (Å²) in [6, 6.07) is -5.20. The van der Waals surface area contributed by atoms with E-state index < -0.39 is 66.3 Å². The van der Waals surface area contributed by atoms with Crippen molar-refractivity contribution in [3.05, 3.63) is 0 Å². The van der Waals surface area contributed by atoms with E-state index in [4.69, 9.17) is 16.6 Å². The van der Waals surface area contributed by atoms with Gasteiger partial charge >= 0.3 is 5.97 Å². The van der Waals surface area contributed by atoms with Gasteiger partial charge in [-0.25, -0.2) is 4.79 Å². The Morgan fingerprint density at radius 1 is 0.900 bits per heavy atom. The van der Waals surface area contributed by atoms with Crippen LogP contribution in [0.25, 0.3) is 0 Å². The number of aliphatic hydroxyl groups is 1. The zero-order valence-electron chi connectivity index (χ0n) is 17.1. The number of aliphatic carboxylic acids is 1. The molecule has 0 bridgehead atoms. The summed E-state index contributed by atoms with van der Waals surface area (Å²) >= 11 is 3.83. The molecule has 0 aromatic heterocycles. The van der Waals surface area contributed by atoms with Gasteiger partial charge in [0, 0.05) is 5.75 Å². The van der Waals surface area contributed by atoms with Crippen LogP contribution in [-0.2, 0) is 24.0 Å². The summed E-state index contributed by atoms with van der Waals surface area (Å²) in [5.41, 5.74) is 10.7. The summed E-state index contributed by atoms with van der Waals surface area (Å²) in [5.74, 6) is -5.04. The van der Waals surface area contributed by atoms with Gasteiger partial charge in [0.15, 0.2) is 0 Å².